The number of carbonyl (C=O) groups is 1. The zero-order chi connectivity index (χ0) is 17.2. The summed E-state index contributed by atoms with van der Waals surface area (Å²) in [5.41, 5.74) is 0. The summed E-state index contributed by atoms with van der Waals surface area (Å²) >= 11 is 1.25. The minimum absolute atomic E-state index is 0.0594. The average Bonchev–Trinajstić information content (AvgIpc) is 3.12. The van der Waals surface area contributed by atoms with Gasteiger partial charge in [-0.15, -0.1) is 10.2 Å². The van der Waals surface area contributed by atoms with Gasteiger partial charge in [-0.2, -0.15) is 0 Å². The molecular formula is C15H23N3O4S2. The lowest BCUT2D eigenvalue weighted by Gasteiger charge is -2.33. The van der Waals surface area contributed by atoms with E-state index in [-0.39, 0.29) is 23.3 Å². The molecule has 0 aromatic carbocycles. The maximum absolute atomic E-state index is 12.3. The standard InChI is InChI=1S/C15H23N3O4S2/c1-11-4-2-3-6-18(11)14(19)9-23-15-17-16-13(22-15)8-12-5-7-24(20,21)10-12/h11-12H,2-10H2,1H3/t11-,12-/m1/s1. The summed E-state index contributed by atoms with van der Waals surface area (Å²) in [7, 11) is -2.89. The summed E-state index contributed by atoms with van der Waals surface area (Å²) in [5, 5.41) is 8.31. The van der Waals surface area contributed by atoms with Crippen LogP contribution < -0.4 is 0 Å². The van der Waals surface area contributed by atoms with Gasteiger partial charge < -0.3 is 9.32 Å². The minimum atomic E-state index is -2.89. The van der Waals surface area contributed by atoms with Crippen molar-refractivity contribution in [3.8, 4) is 0 Å². The number of nitrogens with zero attached hydrogens (tertiary/aromatic N) is 3. The fourth-order valence-corrected chi connectivity index (χ4v) is 5.86. The Morgan fingerprint density at radius 1 is 1.33 bits per heavy atom. The van der Waals surface area contributed by atoms with E-state index < -0.39 is 9.84 Å². The van der Waals surface area contributed by atoms with Crippen LogP contribution in [0.1, 0.15) is 38.5 Å². The van der Waals surface area contributed by atoms with Gasteiger partial charge in [0, 0.05) is 19.0 Å². The van der Waals surface area contributed by atoms with Crippen LogP contribution in [0.15, 0.2) is 9.64 Å². The lowest BCUT2D eigenvalue weighted by molar-refractivity contribution is -0.131. The van der Waals surface area contributed by atoms with E-state index in [1.807, 2.05) is 4.90 Å². The van der Waals surface area contributed by atoms with Crippen molar-refractivity contribution in [2.24, 2.45) is 5.92 Å². The number of hydrogen-bond donors (Lipinski definition) is 0. The van der Waals surface area contributed by atoms with Gasteiger partial charge in [0.05, 0.1) is 17.3 Å². The number of thioether (sulfide) groups is 1. The molecule has 1 amide bonds. The summed E-state index contributed by atoms with van der Waals surface area (Å²) in [6.07, 6.45) is 4.45. The third-order valence-electron chi connectivity index (χ3n) is 4.68. The van der Waals surface area contributed by atoms with Crippen LogP contribution in [0.4, 0.5) is 0 Å². The van der Waals surface area contributed by atoms with Crippen LogP contribution >= 0.6 is 11.8 Å². The zero-order valence-electron chi connectivity index (χ0n) is 13.8. The Labute approximate surface area is 146 Å². The van der Waals surface area contributed by atoms with E-state index in [9.17, 15) is 13.2 Å². The molecule has 24 heavy (non-hydrogen) atoms. The first-order chi connectivity index (χ1) is 11.4. The van der Waals surface area contributed by atoms with Gasteiger partial charge in [0.25, 0.3) is 5.22 Å². The monoisotopic (exact) mass is 373 g/mol. The summed E-state index contributed by atoms with van der Waals surface area (Å²) < 4.78 is 28.5. The molecule has 0 spiro atoms. The van der Waals surface area contributed by atoms with Crippen molar-refractivity contribution in [3.05, 3.63) is 5.89 Å². The Morgan fingerprint density at radius 3 is 2.88 bits per heavy atom. The van der Waals surface area contributed by atoms with Gasteiger partial charge in [-0.3, -0.25) is 4.79 Å². The number of rotatable bonds is 5. The van der Waals surface area contributed by atoms with Crippen LogP contribution in [0.5, 0.6) is 0 Å². The number of carbonyl (C=O) groups excluding carboxylic acids is 1. The largest absolute Gasteiger partial charge is 0.416 e. The Bertz CT molecular complexity index is 689. The van der Waals surface area contributed by atoms with E-state index in [4.69, 9.17) is 4.42 Å². The first-order valence-corrected chi connectivity index (χ1v) is 11.2. The average molecular weight is 374 g/mol. The van der Waals surface area contributed by atoms with Crippen molar-refractivity contribution in [1.29, 1.82) is 0 Å². The van der Waals surface area contributed by atoms with Crippen LogP contribution in [0, 0.1) is 5.92 Å². The molecule has 7 nitrogen and oxygen atoms in total. The van der Waals surface area contributed by atoms with E-state index in [1.165, 1.54) is 18.2 Å². The predicted molar refractivity (Wildman–Crippen MR) is 90.5 cm³/mol. The molecule has 2 aliphatic rings. The third-order valence-corrected chi connectivity index (χ3v) is 7.32. The number of amides is 1. The van der Waals surface area contributed by atoms with Crippen LogP contribution in [-0.2, 0) is 21.1 Å². The Balaban J connectivity index is 1.48. The van der Waals surface area contributed by atoms with Crippen molar-refractivity contribution in [3.63, 3.8) is 0 Å². The highest BCUT2D eigenvalue weighted by Gasteiger charge is 2.29. The van der Waals surface area contributed by atoms with Gasteiger partial charge in [-0.25, -0.2) is 8.42 Å². The smallest absolute Gasteiger partial charge is 0.277 e. The summed E-state index contributed by atoms with van der Waals surface area (Å²) in [4.78, 5) is 14.2. The summed E-state index contributed by atoms with van der Waals surface area (Å²) in [6, 6.07) is 0.300. The number of hydrogen-bond acceptors (Lipinski definition) is 7. The zero-order valence-corrected chi connectivity index (χ0v) is 15.4. The van der Waals surface area contributed by atoms with E-state index in [2.05, 4.69) is 17.1 Å². The molecule has 2 atom stereocenters. The topological polar surface area (TPSA) is 93.4 Å². The van der Waals surface area contributed by atoms with Crippen LogP contribution in [0.2, 0.25) is 0 Å². The van der Waals surface area contributed by atoms with E-state index >= 15 is 0 Å². The molecule has 1 aromatic rings. The molecule has 3 heterocycles. The highest BCUT2D eigenvalue weighted by Crippen LogP contribution is 2.25. The van der Waals surface area contributed by atoms with Crippen LogP contribution in [0.25, 0.3) is 0 Å². The lowest BCUT2D eigenvalue weighted by atomic mass is 10.0. The molecule has 2 fully saturated rings. The van der Waals surface area contributed by atoms with Gasteiger partial charge in [0.2, 0.25) is 11.8 Å². The first-order valence-electron chi connectivity index (χ1n) is 8.38. The molecule has 0 saturated carbocycles. The summed E-state index contributed by atoms with van der Waals surface area (Å²) in [5.74, 6) is 1.36. The molecule has 0 aliphatic carbocycles. The van der Waals surface area contributed by atoms with E-state index in [0.29, 0.717) is 35.7 Å². The number of likely N-dealkylation sites (tertiary alicyclic amines) is 1. The fraction of sp³-hybridized carbons (Fsp3) is 0.800. The molecule has 2 aliphatic heterocycles. The molecule has 0 radical (unpaired) electrons. The number of piperidine rings is 1. The third kappa shape index (κ3) is 4.50. The van der Waals surface area contributed by atoms with E-state index in [0.717, 1.165) is 19.4 Å². The maximum atomic E-state index is 12.3. The normalized spacial score (nSPS) is 26.6. The van der Waals surface area contributed by atoms with Gasteiger partial charge in [-0.05, 0) is 38.5 Å². The summed E-state index contributed by atoms with van der Waals surface area (Å²) in [6.45, 7) is 2.91. The molecule has 9 heteroatoms. The van der Waals surface area contributed by atoms with Gasteiger partial charge >= 0.3 is 0 Å². The number of sulfone groups is 1. The molecule has 0 unspecified atom stereocenters. The lowest BCUT2D eigenvalue weighted by Crippen LogP contribution is -2.42. The van der Waals surface area contributed by atoms with Crippen LogP contribution in [-0.4, -0.2) is 59.3 Å². The molecular weight excluding hydrogens is 350 g/mol. The van der Waals surface area contributed by atoms with Gasteiger partial charge in [0.15, 0.2) is 9.84 Å². The molecule has 1 aromatic heterocycles. The second kappa shape index (κ2) is 7.43. The Morgan fingerprint density at radius 2 is 2.17 bits per heavy atom. The molecule has 2 saturated heterocycles. The second-order valence-electron chi connectivity index (χ2n) is 6.66. The SMILES string of the molecule is C[C@@H]1CCCCN1C(=O)CSc1nnc(C[C@H]2CCS(=O)(=O)C2)o1. The fourth-order valence-electron chi connectivity index (χ4n) is 3.33. The first kappa shape index (κ1) is 17.7. The molecule has 134 valence electrons. The second-order valence-corrected chi connectivity index (χ2v) is 9.81. The highest BCUT2D eigenvalue weighted by atomic mass is 32.2. The Kier molecular flexibility index (Phi) is 5.49. The van der Waals surface area contributed by atoms with Crippen LogP contribution in [0.3, 0.4) is 0 Å². The van der Waals surface area contributed by atoms with Gasteiger partial charge in [-0.1, -0.05) is 11.8 Å². The highest BCUT2D eigenvalue weighted by molar-refractivity contribution is 7.99. The number of aromatic nitrogens is 2. The van der Waals surface area contributed by atoms with Crippen molar-refractivity contribution in [1.82, 2.24) is 15.1 Å². The quantitative estimate of drug-likeness (QED) is 0.723. The predicted octanol–water partition coefficient (Wildman–Crippen LogP) is 1.54. The minimum Gasteiger partial charge on any atom is -0.416 e. The van der Waals surface area contributed by atoms with Gasteiger partial charge in [0.1, 0.15) is 0 Å². The van der Waals surface area contributed by atoms with E-state index in [1.54, 1.807) is 0 Å². The molecule has 0 N–H and O–H groups in total. The van der Waals surface area contributed by atoms with Crippen molar-refractivity contribution in [2.45, 2.75) is 50.3 Å². The molecule has 3 rings (SSSR count). The molecule has 0 bridgehead atoms. The van der Waals surface area contributed by atoms with Crippen molar-refractivity contribution in [2.75, 3.05) is 23.8 Å². The Hall–Kier alpha value is -1.09. The maximum Gasteiger partial charge on any atom is 0.277 e. The van der Waals surface area contributed by atoms with Crippen molar-refractivity contribution < 1.29 is 17.6 Å². The van der Waals surface area contributed by atoms with Crippen molar-refractivity contribution >= 4 is 27.5 Å².